The lowest BCUT2D eigenvalue weighted by Crippen LogP contribution is -2.40. The van der Waals surface area contributed by atoms with Gasteiger partial charge in [-0.2, -0.15) is 0 Å². The summed E-state index contributed by atoms with van der Waals surface area (Å²) in [5.41, 5.74) is 2.19. The van der Waals surface area contributed by atoms with Gasteiger partial charge in [0.2, 0.25) is 0 Å². The quantitative estimate of drug-likeness (QED) is 0.469. The van der Waals surface area contributed by atoms with Gasteiger partial charge in [-0.3, -0.25) is 0 Å². The summed E-state index contributed by atoms with van der Waals surface area (Å²) in [5.74, 6) is 1.11. The minimum absolute atomic E-state index is 0.518. The van der Waals surface area contributed by atoms with Crippen molar-refractivity contribution in [2.24, 2.45) is 4.99 Å². The number of amidine groups is 1. The number of nitrogens with zero attached hydrogens (tertiary/aromatic N) is 2. The summed E-state index contributed by atoms with van der Waals surface area (Å²) in [6, 6.07) is 0.518. The third-order valence-electron chi connectivity index (χ3n) is 3.17. The summed E-state index contributed by atoms with van der Waals surface area (Å²) < 4.78 is 0. The first kappa shape index (κ1) is 16.9. The molecule has 0 unspecified atom stereocenters. The molecular weight excluding hydrogens is 220 g/mol. The van der Waals surface area contributed by atoms with Crippen molar-refractivity contribution in [1.29, 1.82) is 0 Å². The highest BCUT2D eigenvalue weighted by atomic mass is 15.2. The van der Waals surface area contributed by atoms with Gasteiger partial charge in [0.1, 0.15) is 5.84 Å². The van der Waals surface area contributed by atoms with E-state index in [4.69, 9.17) is 0 Å². The Bertz CT molecular complexity index is 313. The standard InChI is InChI=1S/C16H30N2/c1-8-12-18(14(7)9-2)16(17-13(5)6)15(10-3)11-4/h10,14H,5,8-9,11-12H2,1-4,6-7H3/b15-10+,17-16?/t14-/m0/s1. The minimum Gasteiger partial charge on any atom is -0.354 e. The van der Waals surface area contributed by atoms with E-state index < -0.39 is 0 Å². The SMILES string of the molecule is C=C(C)N=C(/C(=C/C)CC)N(CCC)[C@@H](C)CC. The molecule has 0 aromatic carbocycles. The van der Waals surface area contributed by atoms with E-state index in [0.717, 1.165) is 37.3 Å². The Morgan fingerprint density at radius 3 is 2.28 bits per heavy atom. The summed E-state index contributed by atoms with van der Waals surface area (Å²) in [5, 5.41) is 0. The molecule has 0 radical (unpaired) electrons. The van der Waals surface area contributed by atoms with Crippen LogP contribution in [0.2, 0.25) is 0 Å². The van der Waals surface area contributed by atoms with E-state index in [2.05, 4.69) is 57.2 Å². The highest BCUT2D eigenvalue weighted by molar-refractivity contribution is 5.99. The van der Waals surface area contributed by atoms with Gasteiger partial charge in [0.05, 0.1) is 0 Å². The summed E-state index contributed by atoms with van der Waals surface area (Å²) in [6.45, 7) is 17.9. The molecule has 0 rings (SSSR count). The van der Waals surface area contributed by atoms with Gasteiger partial charge in [-0.15, -0.1) is 0 Å². The van der Waals surface area contributed by atoms with Crippen LogP contribution in [0.15, 0.2) is 28.9 Å². The molecule has 1 atom stereocenters. The van der Waals surface area contributed by atoms with Gasteiger partial charge >= 0.3 is 0 Å². The lowest BCUT2D eigenvalue weighted by molar-refractivity contribution is 0.321. The van der Waals surface area contributed by atoms with Crippen molar-refractivity contribution in [3.05, 3.63) is 23.9 Å². The second-order valence-electron chi connectivity index (χ2n) is 4.79. The monoisotopic (exact) mass is 250 g/mol. The summed E-state index contributed by atoms with van der Waals surface area (Å²) in [7, 11) is 0. The van der Waals surface area contributed by atoms with Crippen LogP contribution in [0.1, 0.15) is 60.8 Å². The second-order valence-corrected chi connectivity index (χ2v) is 4.79. The molecule has 0 heterocycles. The molecule has 104 valence electrons. The van der Waals surface area contributed by atoms with Crippen LogP contribution in [0.3, 0.4) is 0 Å². The summed E-state index contributed by atoms with van der Waals surface area (Å²) >= 11 is 0. The zero-order chi connectivity index (χ0) is 14.1. The fourth-order valence-electron chi connectivity index (χ4n) is 1.99. The summed E-state index contributed by atoms with van der Waals surface area (Å²) in [4.78, 5) is 7.11. The Morgan fingerprint density at radius 1 is 1.33 bits per heavy atom. The molecule has 0 aliphatic heterocycles. The average Bonchev–Trinajstić information content (AvgIpc) is 2.35. The normalized spacial score (nSPS) is 14.6. The fourth-order valence-corrected chi connectivity index (χ4v) is 1.99. The topological polar surface area (TPSA) is 15.6 Å². The fraction of sp³-hybridized carbons (Fsp3) is 0.688. The van der Waals surface area contributed by atoms with Crippen molar-refractivity contribution in [1.82, 2.24) is 4.90 Å². The van der Waals surface area contributed by atoms with Crippen LogP contribution < -0.4 is 0 Å². The Labute approximate surface area is 113 Å². The van der Waals surface area contributed by atoms with Crippen molar-refractivity contribution in [3.63, 3.8) is 0 Å². The van der Waals surface area contributed by atoms with Crippen molar-refractivity contribution in [2.45, 2.75) is 66.8 Å². The molecule has 0 fully saturated rings. The summed E-state index contributed by atoms with van der Waals surface area (Å²) in [6.07, 6.45) is 5.46. The maximum absolute atomic E-state index is 4.69. The van der Waals surface area contributed by atoms with Gasteiger partial charge in [0, 0.05) is 18.3 Å². The van der Waals surface area contributed by atoms with Gasteiger partial charge in [0.25, 0.3) is 0 Å². The number of hydrogen-bond donors (Lipinski definition) is 0. The first-order valence-corrected chi connectivity index (χ1v) is 7.18. The zero-order valence-corrected chi connectivity index (χ0v) is 13.1. The lowest BCUT2D eigenvalue weighted by Gasteiger charge is -2.32. The Balaban J connectivity index is 5.43. The average molecular weight is 250 g/mol. The van der Waals surface area contributed by atoms with Gasteiger partial charge in [-0.1, -0.05) is 33.4 Å². The Kier molecular flexibility index (Phi) is 8.43. The zero-order valence-electron chi connectivity index (χ0n) is 13.1. The third kappa shape index (κ3) is 5.07. The molecule has 0 amide bonds. The molecule has 0 aromatic rings. The van der Waals surface area contributed by atoms with Crippen LogP contribution in [-0.2, 0) is 0 Å². The van der Waals surface area contributed by atoms with Gasteiger partial charge < -0.3 is 4.90 Å². The number of allylic oxidation sites excluding steroid dienone is 2. The maximum Gasteiger partial charge on any atom is 0.131 e. The van der Waals surface area contributed by atoms with E-state index >= 15 is 0 Å². The smallest absolute Gasteiger partial charge is 0.131 e. The second kappa shape index (κ2) is 8.96. The van der Waals surface area contributed by atoms with Gasteiger partial charge in [0.15, 0.2) is 0 Å². The van der Waals surface area contributed by atoms with E-state index in [1.54, 1.807) is 0 Å². The number of aliphatic imine (C=N–C) groups is 1. The molecule has 0 saturated heterocycles. The van der Waals surface area contributed by atoms with Crippen molar-refractivity contribution >= 4 is 5.84 Å². The van der Waals surface area contributed by atoms with E-state index in [9.17, 15) is 0 Å². The van der Waals surface area contributed by atoms with Gasteiger partial charge in [-0.25, -0.2) is 4.99 Å². The van der Waals surface area contributed by atoms with Crippen LogP contribution in [0.4, 0.5) is 0 Å². The van der Waals surface area contributed by atoms with Crippen LogP contribution in [0.25, 0.3) is 0 Å². The maximum atomic E-state index is 4.69. The van der Waals surface area contributed by atoms with Crippen LogP contribution in [-0.4, -0.2) is 23.3 Å². The molecule has 2 nitrogen and oxygen atoms in total. The van der Waals surface area contributed by atoms with Crippen molar-refractivity contribution in [3.8, 4) is 0 Å². The highest BCUT2D eigenvalue weighted by Gasteiger charge is 2.18. The molecule has 0 N–H and O–H groups in total. The molecular formula is C16H30N2. The first-order chi connectivity index (χ1) is 8.51. The largest absolute Gasteiger partial charge is 0.354 e. The Morgan fingerprint density at radius 2 is 1.94 bits per heavy atom. The van der Waals surface area contributed by atoms with Crippen LogP contribution in [0, 0.1) is 0 Å². The van der Waals surface area contributed by atoms with E-state index in [1.165, 1.54) is 5.57 Å². The van der Waals surface area contributed by atoms with E-state index in [0.29, 0.717) is 6.04 Å². The number of rotatable bonds is 7. The molecule has 0 spiro atoms. The molecule has 0 aliphatic rings. The minimum atomic E-state index is 0.518. The van der Waals surface area contributed by atoms with Crippen molar-refractivity contribution in [2.75, 3.05) is 6.54 Å². The molecule has 0 aromatic heterocycles. The molecule has 2 heteroatoms. The molecule has 18 heavy (non-hydrogen) atoms. The molecule has 0 bridgehead atoms. The third-order valence-corrected chi connectivity index (χ3v) is 3.17. The van der Waals surface area contributed by atoms with Crippen LogP contribution >= 0.6 is 0 Å². The van der Waals surface area contributed by atoms with Gasteiger partial charge in [-0.05, 0) is 45.6 Å². The first-order valence-electron chi connectivity index (χ1n) is 7.18. The van der Waals surface area contributed by atoms with Crippen LogP contribution in [0.5, 0.6) is 0 Å². The molecule has 0 saturated carbocycles. The number of hydrogen-bond acceptors (Lipinski definition) is 1. The Hall–Kier alpha value is -1.05. The predicted octanol–water partition coefficient (Wildman–Crippen LogP) is 4.79. The molecule has 0 aliphatic carbocycles. The van der Waals surface area contributed by atoms with E-state index in [1.807, 2.05) is 6.92 Å². The van der Waals surface area contributed by atoms with E-state index in [-0.39, 0.29) is 0 Å². The predicted molar refractivity (Wildman–Crippen MR) is 83.0 cm³/mol. The van der Waals surface area contributed by atoms with Crippen molar-refractivity contribution < 1.29 is 0 Å². The highest BCUT2D eigenvalue weighted by Crippen LogP contribution is 2.16. The lowest BCUT2D eigenvalue weighted by atomic mass is 10.1.